The number of anilines is 1. The van der Waals surface area contributed by atoms with E-state index in [1.54, 1.807) is 6.07 Å². The first kappa shape index (κ1) is 30.4. The van der Waals surface area contributed by atoms with E-state index < -0.39 is 10.0 Å². The maximum absolute atomic E-state index is 13.8. The topological polar surface area (TPSA) is 111 Å². The predicted octanol–water partition coefficient (Wildman–Crippen LogP) is 6.50. The molecule has 1 aliphatic carbocycles. The molecule has 1 atom stereocenters. The zero-order valence-corrected chi connectivity index (χ0v) is 27.0. The first-order valence-electron chi connectivity index (χ1n) is 15.5. The van der Waals surface area contributed by atoms with Crippen LogP contribution < -0.4 is 9.46 Å². The normalized spacial score (nSPS) is 25.8. The molecule has 9 nitrogen and oxygen atoms in total. The van der Waals surface area contributed by atoms with Gasteiger partial charge in [-0.05, 0) is 86.1 Å². The van der Waals surface area contributed by atoms with Crippen molar-refractivity contribution in [1.82, 2.24) is 14.9 Å². The van der Waals surface area contributed by atoms with E-state index in [2.05, 4.69) is 34.6 Å². The van der Waals surface area contributed by atoms with E-state index in [9.17, 15) is 13.2 Å². The second-order valence-corrected chi connectivity index (χ2v) is 15.1. The number of fused-ring (bicyclic) bond motifs is 5. The summed E-state index contributed by atoms with van der Waals surface area (Å²) in [4.78, 5) is 23.7. The number of nitrogens with zero attached hydrogens (tertiary/aromatic N) is 3. The quantitative estimate of drug-likeness (QED) is 0.357. The molecule has 1 N–H and O–H groups in total. The molecule has 3 heterocycles. The van der Waals surface area contributed by atoms with Crippen molar-refractivity contribution in [3.05, 3.63) is 65.2 Å². The summed E-state index contributed by atoms with van der Waals surface area (Å²) in [6.07, 6.45) is 4.23. The van der Waals surface area contributed by atoms with Crippen molar-refractivity contribution < 1.29 is 22.7 Å². The molecule has 10 heteroatoms. The van der Waals surface area contributed by atoms with Crippen LogP contribution in [0.1, 0.15) is 62.6 Å². The second-order valence-electron chi connectivity index (χ2n) is 13.5. The van der Waals surface area contributed by atoms with Gasteiger partial charge in [-0.2, -0.15) is 4.98 Å². The number of hydrogen-bond acceptors (Lipinski definition) is 7. The smallest absolute Gasteiger partial charge is 0.409 e. The van der Waals surface area contributed by atoms with Crippen LogP contribution in [0.3, 0.4) is 0 Å². The van der Waals surface area contributed by atoms with Gasteiger partial charge in [-0.15, -0.1) is 0 Å². The van der Waals surface area contributed by atoms with Crippen molar-refractivity contribution in [3.8, 4) is 17.1 Å². The summed E-state index contributed by atoms with van der Waals surface area (Å²) in [5.74, 6) is 0.803. The number of nitrogens with one attached hydrogen (secondary N) is 1. The SMILES string of the molecule is COC(=O)N1CCCC2(C1)CC1(C2)c2cccc(c2)S(=O)(=O)Nc2nc(cc(-c3c(C)cccc3C)n2)OC[C@H]1CC(C)C. The zero-order chi connectivity index (χ0) is 31.3. The van der Waals surface area contributed by atoms with E-state index in [0.717, 1.165) is 54.4 Å². The molecule has 0 unspecified atom stereocenters. The molecule has 2 aliphatic heterocycles. The van der Waals surface area contributed by atoms with Crippen molar-refractivity contribution in [1.29, 1.82) is 0 Å². The van der Waals surface area contributed by atoms with Crippen molar-refractivity contribution in [2.75, 3.05) is 31.5 Å². The monoisotopic (exact) mass is 618 g/mol. The summed E-state index contributed by atoms with van der Waals surface area (Å²) in [5.41, 5.74) is 4.22. The Morgan fingerprint density at radius 2 is 1.84 bits per heavy atom. The lowest BCUT2D eigenvalue weighted by Gasteiger charge is -2.62. The minimum Gasteiger partial charge on any atom is -0.477 e. The number of likely N-dealkylation sites (tertiary alicyclic amines) is 1. The van der Waals surface area contributed by atoms with E-state index >= 15 is 0 Å². The van der Waals surface area contributed by atoms with Gasteiger partial charge in [0.05, 0.1) is 24.3 Å². The molecule has 0 radical (unpaired) electrons. The Balaban J connectivity index is 1.45. The average molecular weight is 619 g/mol. The van der Waals surface area contributed by atoms with E-state index in [0.29, 0.717) is 37.2 Å². The highest BCUT2D eigenvalue weighted by Gasteiger charge is 2.60. The predicted molar refractivity (Wildman–Crippen MR) is 169 cm³/mol. The maximum Gasteiger partial charge on any atom is 0.409 e. The highest BCUT2D eigenvalue weighted by atomic mass is 32.2. The summed E-state index contributed by atoms with van der Waals surface area (Å²) in [7, 11) is -2.57. The molecule has 6 rings (SSSR count). The van der Waals surface area contributed by atoms with Gasteiger partial charge in [-0.1, -0.05) is 44.2 Å². The fourth-order valence-corrected chi connectivity index (χ4v) is 9.04. The molecule has 2 aromatic carbocycles. The first-order chi connectivity index (χ1) is 20.9. The number of hydrogen-bond donors (Lipinski definition) is 1. The van der Waals surface area contributed by atoms with E-state index in [-0.39, 0.29) is 33.7 Å². The van der Waals surface area contributed by atoms with Gasteiger partial charge in [0.15, 0.2) is 0 Å². The van der Waals surface area contributed by atoms with Crippen LogP contribution in [0.25, 0.3) is 11.3 Å². The third-order valence-electron chi connectivity index (χ3n) is 9.83. The Morgan fingerprint density at radius 1 is 1.11 bits per heavy atom. The van der Waals surface area contributed by atoms with E-state index in [1.807, 2.05) is 55.1 Å². The molecule has 2 fully saturated rings. The molecule has 2 spiro atoms. The lowest BCUT2D eigenvalue weighted by molar-refractivity contribution is -0.0775. The number of sulfonamides is 1. The van der Waals surface area contributed by atoms with Crippen LogP contribution in [-0.4, -0.2) is 56.2 Å². The number of benzene rings is 2. The number of methoxy groups -OCH3 is 1. The van der Waals surface area contributed by atoms with Crippen molar-refractivity contribution in [2.45, 2.75) is 70.1 Å². The van der Waals surface area contributed by atoms with Gasteiger partial charge in [0.25, 0.3) is 10.0 Å². The number of aryl methyl sites for hydroxylation is 2. The number of carbonyl (C=O) groups excluding carboxylic acids is 1. The van der Waals surface area contributed by atoms with Crippen LogP contribution in [0.5, 0.6) is 5.88 Å². The molecular weight excluding hydrogens is 576 g/mol. The Morgan fingerprint density at radius 3 is 2.55 bits per heavy atom. The maximum atomic E-state index is 13.8. The van der Waals surface area contributed by atoms with Gasteiger partial charge in [0, 0.05) is 36.1 Å². The fourth-order valence-electron chi connectivity index (χ4n) is 8.05. The van der Waals surface area contributed by atoms with Gasteiger partial charge in [0.1, 0.15) is 0 Å². The van der Waals surface area contributed by atoms with Gasteiger partial charge >= 0.3 is 6.09 Å². The summed E-state index contributed by atoms with van der Waals surface area (Å²) >= 11 is 0. The summed E-state index contributed by atoms with van der Waals surface area (Å²) in [5, 5.41) is 0. The Labute approximate surface area is 260 Å². The number of rotatable bonds is 3. The van der Waals surface area contributed by atoms with Gasteiger partial charge in [-0.3, -0.25) is 0 Å². The summed E-state index contributed by atoms with van der Waals surface area (Å²) in [6.45, 7) is 10.2. The molecule has 3 aromatic rings. The highest BCUT2D eigenvalue weighted by molar-refractivity contribution is 7.92. The van der Waals surface area contributed by atoms with Gasteiger partial charge < -0.3 is 14.4 Å². The number of amides is 1. The van der Waals surface area contributed by atoms with Crippen LogP contribution in [0, 0.1) is 31.1 Å². The summed E-state index contributed by atoms with van der Waals surface area (Å²) in [6, 6.07) is 15.2. The van der Waals surface area contributed by atoms with Crippen molar-refractivity contribution in [2.24, 2.45) is 17.3 Å². The van der Waals surface area contributed by atoms with Crippen molar-refractivity contribution in [3.63, 3.8) is 0 Å². The van der Waals surface area contributed by atoms with Crippen LogP contribution in [0.15, 0.2) is 53.4 Å². The third-order valence-corrected chi connectivity index (χ3v) is 11.2. The minimum atomic E-state index is -4.00. The molecule has 4 bridgehead atoms. The van der Waals surface area contributed by atoms with E-state index in [4.69, 9.17) is 9.47 Å². The molecule has 44 heavy (non-hydrogen) atoms. The molecule has 3 aliphatic rings. The first-order valence-corrected chi connectivity index (χ1v) is 17.0. The fraction of sp³-hybridized carbons (Fsp3) is 0.500. The Kier molecular flexibility index (Phi) is 7.84. The number of aromatic nitrogens is 2. The molecular formula is C34H42N4O5S. The average Bonchev–Trinajstić information content (AvgIpc) is 2.96. The van der Waals surface area contributed by atoms with Crippen molar-refractivity contribution >= 4 is 22.1 Å². The lowest BCUT2D eigenvalue weighted by Crippen LogP contribution is -2.61. The Hall–Kier alpha value is -3.66. The zero-order valence-electron chi connectivity index (χ0n) is 26.2. The number of piperidine rings is 1. The molecule has 234 valence electrons. The minimum absolute atomic E-state index is 0.0195. The van der Waals surface area contributed by atoms with Crippen LogP contribution in [-0.2, 0) is 20.2 Å². The van der Waals surface area contributed by atoms with Crippen LogP contribution in [0.2, 0.25) is 0 Å². The Bertz CT molecular complexity index is 1660. The number of carbonyl (C=O) groups is 1. The van der Waals surface area contributed by atoms with E-state index in [1.165, 1.54) is 7.11 Å². The molecule has 1 saturated carbocycles. The largest absolute Gasteiger partial charge is 0.477 e. The molecule has 1 saturated heterocycles. The third kappa shape index (κ3) is 5.53. The summed E-state index contributed by atoms with van der Waals surface area (Å²) < 4.78 is 41.8. The van der Waals surface area contributed by atoms with Gasteiger partial charge in [-0.25, -0.2) is 22.9 Å². The van der Waals surface area contributed by atoms with Crippen LogP contribution >= 0.6 is 0 Å². The molecule has 1 aromatic heterocycles. The standard InChI is InChI=1S/C34H42N4O5S/c1-22(2)15-26-18-43-29-17-28(30-23(3)9-6-10-24(30)4)35-31(36-29)37-44(40,41)27-12-7-11-25(16-27)34(26)19-33(20-34)13-8-14-38(21-33)32(39)42-5/h6-7,9-12,16-17,22,26H,8,13-15,18-21H2,1-5H3,(H,35,36,37)/t26-,33?,34?/m1/s1. The van der Waals surface area contributed by atoms with Gasteiger partial charge in [0.2, 0.25) is 11.8 Å². The highest BCUT2D eigenvalue weighted by Crippen LogP contribution is 2.63. The lowest BCUT2D eigenvalue weighted by atomic mass is 9.44. The van der Waals surface area contributed by atoms with Crippen LogP contribution in [0.4, 0.5) is 10.7 Å². The molecule has 1 amide bonds. The second kappa shape index (κ2) is 11.4. The number of ether oxygens (including phenoxy) is 2.